The number of benzene rings is 1. The molecule has 0 aliphatic carbocycles. The highest BCUT2D eigenvalue weighted by Crippen LogP contribution is 2.28. The lowest BCUT2D eigenvalue weighted by Gasteiger charge is -2.11. The molecule has 0 fully saturated rings. The summed E-state index contributed by atoms with van der Waals surface area (Å²) in [6, 6.07) is 7.18. The van der Waals surface area contributed by atoms with Crippen LogP contribution in [0.5, 0.6) is 0 Å². The van der Waals surface area contributed by atoms with Crippen LogP contribution >= 0.6 is 11.6 Å². The molecule has 0 bridgehead atoms. The largest absolute Gasteiger partial charge is 0.399 e. The van der Waals surface area contributed by atoms with E-state index in [1.165, 1.54) is 0 Å². The molecular formula is C13H12ClN5. The van der Waals surface area contributed by atoms with Gasteiger partial charge in [0.25, 0.3) is 0 Å². The first kappa shape index (κ1) is 13.1. The van der Waals surface area contributed by atoms with Crippen molar-refractivity contribution in [3.63, 3.8) is 0 Å². The second kappa shape index (κ2) is 5.12. The van der Waals surface area contributed by atoms with Crippen molar-refractivity contribution in [1.29, 1.82) is 5.26 Å². The van der Waals surface area contributed by atoms with Crippen molar-refractivity contribution in [3.05, 3.63) is 40.0 Å². The van der Waals surface area contributed by atoms with Crippen molar-refractivity contribution >= 4 is 28.8 Å². The molecule has 0 aliphatic heterocycles. The quantitative estimate of drug-likeness (QED) is 0.822. The summed E-state index contributed by atoms with van der Waals surface area (Å²) in [5, 5.41) is 20.7. The Morgan fingerprint density at radius 3 is 2.74 bits per heavy atom. The van der Waals surface area contributed by atoms with E-state index in [2.05, 4.69) is 21.6 Å². The van der Waals surface area contributed by atoms with E-state index < -0.39 is 0 Å². The van der Waals surface area contributed by atoms with Gasteiger partial charge in [0, 0.05) is 5.69 Å². The highest BCUT2D eigenvalue weighted by atomic mass is 35.5. The van der Waals surface area contributed by atoms with E-state index in [1.54, 1.807) is 25.1 Å². The number of nitrogens with one attached hydrogen (secondary N) is 1. The Bertz CT molecular complexity index is 675. The van der Waals surface area contributed by atoms with Crippen molar-refractivity contribution in [3.8, 4) is 6.07 Å². The molecule has 96 valence electrons. The number of nitrogen functional groups attached to an aromatic ring is 1. The smallest absolute Gasteiger partial charge is 0.171 e. The van der Waals surface area contributed by atoms with Gasteiger partial charge in [-0.1, -0.05) is 11.6 Å². The predicted octanol–water partition coefficient (Wildman–Crippen LogP) is 2.94. The molecule has 0 saturated carbocycles. The number of halogens is 1. The number of hydrogen-bond acceptors (Lipinski definition) is 5. The summed E-state index contributed by atoms with van der Waals surface area (Å²) < 4.78 is 0. The molecule has 0 amide bonds. The maximum Gasteiger partial charge on any atom is 0.171 e. The number of anilines is 3. The number of aryl methyl sites for hydroxylation is 1. The van der Waals surface area contributed by atoms with Crippen LogP contribution in [0, 0.1) is 25.2 Å². The molecule has 0 unspecified atom stereocenters. The highest BCUT2D eigenvalue weighted by Gasteiger charge is 2.12. The minimum Gasteiger partial charge on any atom is -0.399 e. The van der Waals surface area contributed by atoms with Crippen LogP contribution in [-0.4, -0.2) is 10.2 Å². The van der Waals surface area contributed by atoms with Gasteiger partial charge in [0.05, 0.1) is 16.4 Å². The molecule has 1 heterocycles. The molecule has 0 atom stereocenters. The third kappa shape index (κ3) is 2.59. The third-order valence-corrected chi connectivity index (χ3v) is 3.14. The zero-order chi connectivity index (χ0) is 14.0. The molecule has 0 radical (unpaired) electrons. The molecule has 0 aliphatic rings. The summed E-state index contributed by atoms with van der Waals surface area (Å²) in [5.41, 5.74) is 8.84. The Kier molecular flexibility index (Phi) is 3.54. The molecule has 1 aromatic heterocycles. The van der Waals surface area contributed by atoms with Crippen LogP contribution in [0.3, 0.4) is 0 Å². The standard InChI is InChI=1S/C13H12ClN5/c1-7-8(2)18-19-13(10(7)6-15)17-12-5-9(16)3-4-11(12)14/h3-5H,16H2,1-2H3,(H,17,19). The molecule has 2 rings (SSSR count). The minimum absolute atomic E-state index is 0.373. The molecular weight excluding hydrogens is 262 g/mol. The first-order valence-electron chi connectivity index (χ1n) is 5.59. The molecule has 1 aromatic carbocycles. The second-order valence-electron chi connectivity index (χ2n) is 4.11. The summed E-state index contributed by atoms with van der Waals surface area (Å²) in [7, 11) is 0. The summed E-state index contributed by atoms with van der Waals surface area (Å²) in [5.74, 6) is 0.373. The van der Waals surface area contributed by atoms with Gasteiger partial charge < -0.3 is 11.1 Å². The molecule has 3 N–H and O–H groups in total. The summed E-state index contributed by atoms with van der Waals surface area (Å²) in [4.78, 5) is 0. The normalized spacial score (nSPS) is 10.0. The van der Waals surface area contributed by atoms with E-state index in [0.717, 1.165) is 11.3 Å². The van der Waals surface area contributed by atoms with Crippen LogP contribution in [0.25, 0.3) is 0 Å². The number of nitrogens with zero attached hydrogens (tertiary/aromatic N) is 3. The molecule has 0 saturated heterocycles. The van der Waals surface area contributed by atoms with Gasteiger partial charge in [0.2, 0.25) is 0 Å². The van der Waals surface area contributed by atoms with Gasteiger partial charge in [0.15, 0.2) is 5.82 Å². The van der Waals surface area contributed by atoms with Gasteiger partial charge in [-0.3, -0.25) is 0 Å². The van der Waals surface area contributed by atoms with Crippen LogP contribution in [0.1, 0.15) is 16.8 Å². The first-order chi connectivity index (χ1) is 9.02. The molecule has 0 spiro atoms. The molecule has 19 heavy (non-hydrogen) atoms. The van der Waals surface area contributed by atoms with Gasteiger partial charge in [-0.15, -0.1) is 5.10 Å². The van der Waals surface area contributed by atoms with Crippen LogP contribution in [0.4, 0.5) is 17.2 Å². The van der Waals surface area contributed by atoms with Gasteiger partial charge in [-0.25, -0.2) is 0 Å². The SMILES string of the molecule is Cc1nnc(Nc2cc(N)ccc2Cl)c(C#N)c1C. The summed E-state index contributed by atoms with van der Waals surface area (Å²) in [6.07, 6.45) is 0. The molecule has 5 nitrogen and oxygen atoms in total. The monoisotopic (exact) mass is 273 g/mol. The summed E-state index contributed by atoms with van der Waals surface area (Å²) >= 11 is 6.06. The van der Waals surface area contributed by atoms with E-state index in [9.17, 15) is 5.26 Å². The van der Waals surface area contributed by atoms with E-state index >= 15 is 0 Å². The zero-order valence-corrected chi connectivity index (χ0v) is 11.3. The lowest BCUT2D eigenvalue weighted by Crippen LogP contribution is -2.04. The Labute approximate surface area is 116 Å². The van der Waals surface area contributed by atoms with Crippen molar-refractivity contribution in [1.82, 2.24) is 10.2 Å². The van der Waals surface area contributed by atoms with E-state index in [1.807, 2.05) is 6.92 Å². The molecule has 2 aromatic rings. The third-order valence-electron chi connectivity index (χ3n) is 2.81. The van der Waals surface area contributed by atoms with Gasteiger partial charge in [-0.2, -0.15) is 10.4 Å². The lowest BCUT2D eigenvalue weighted by molar-refractivity contribution is 0.960. The number of nitriles is 1. The number of rotatable bonds is 2. The van der Waals surface area contributed by atoms with Crippen molar-refractivity contribution in [2.75, 3.05) is 11.1 Å². The van der Waals surface area contributed by atoms with E-state index in [-0.39, 0.29) is 0 Å². The highest BCUT2D eigenvalue weighted by molar-refractivity contribution is 6.33. The average Bonchev–Trinajstić information content (AvgIpc) is 2.38. The topological polar surface area (TPSA) is 87.6 Å². The van der Waals surface area contributed by atoms with Crippen LogP contribution < -0.4 is 11.1 Å². The van der Waals surface area contributed by atoms with Crippen molar-refractivity contribution in [2.45, 2.75) is 13.8 Å². The lowest BCUT2D eigenvalue weighted by atomic mass is 10.1. The van der Waals surface area contributed by atoms with Gasteiger partial charge >= 0.3 is 0 Å². The fourth-order valence-electron chi connectivity index (χ4n) is 1.60. The molecule has 6 heteroatoms. The van der Waals surface area contributed by atoms with E-state index in [4.69, 9.17) is 17.3 Å². The maximum atomic E-state index is 9.21. The predicted molar refractivity (Wildman–Crippen MR) is 75.4 cm³/mol. The number of nitrogens with two attached hydrogens (primary N) is 1. The number of hydrogen-bond donors (Lipinski definition) is 2. The van der Waals surface area contributed by atoms with Crippen LogP contribution in [0.2, 0.25) is 5.02 Å². The average molecular weight is 274 g/mol. The van der Waals surface area contributed by atoms with Gasteiger partial charge in [0.1, 0.15) is 11.6 Å². The maximum absolute atomic E-state index is 9.21. The second-order valence-corrected chi connectivity index (χ2v) is 4.52. The summed E-state index contributed by atoms with van der Waals surface area (Å²) in [6.45, 7) is 3.63. The number of aromatic nitrogens is 2. The van der Waals surface area contributed by atoms with Crippen molar-refractivity contribution < 1.29 is 0 Å². The minimum atomic E-state index is 0.373. The fourth-order valence-corrected chi connectivity index (χ4v) is 1.76. The zero-order valence-electron chi connectivity index (χ0n) is 10.5. The Morgan fingerprint density at radius 1 is 1.32 bits per heavy atom. The van der Waals surface area contributed by atoms with Gasteiger partial charge in [-0.05, 0) is 37.6 Å². The van der Waals surface area contributed by atoms with Crippen LogP contribution in [-0.2, 0) is 0 Å². The van der Waals surface area contributed by atoms with E-state index in [0.29, 0.717) is 27.8 Å². The Hall–Kier alpha value is -2.32. The first-order valence-corrected chi connectivity index (χ1v) is 5.96. The van der Waals surface area contributed by atoms with Crippen molar-refractivity contribution in [2.24, 2.45) is 0 Å². The Balaban J connectivity index is 2.47. The fraction of sp³-hybridized carbons (Fsp3) is 0.154. The van der Waals surface area contributed by atoms with Crippen LogP contribution in [0.15, 0.2) is 18.2 Å². The Morgan fingerprint density at radius 2 is 2.05 bits per heavy atom.